The summed E-state index contributed by atoms with van der Waals surface area (Å²) in [6.07, 6.45) is 7.14. The van der Waals surface area contributed by atoms with Gasteiger partial charge in [0.1, 0.15) is 12.3 Å². The van der Waals surface area contributed by atoms with Crippen LogP contribution in [0.4, 0.5) is 0 Å². The third-order valence-electron chi connectivity index (χ3n) is 3.10. The van der Waals surface area contributed by atoms with Crippen LogP contribution in [0.1, 0.15) is 38.4 Å². The van der Waals surface area contributed by atoms with Crippen LogP contribution in [0.3, 0.4) is 0 Å². The molecule has 5 heteroatoms. The Bertz CT molecular complexity index is 361. The van der Waals surface area contributed by atoms with Crippen LogP contribution in [0, 0.1) is 5.92 Å². The molecule has 1 heterocycles. The molecule has 0 spiro atoms. The minimum atomic E-state index is 0. The number of furan rings is 1. The van der Waals surface area contributed by atoms with Gasteiger partial charge in [-0.15, -0.1) is 24.0 Å². The van der Waals surface area contributed by atoms with Crippen LogP contribution in [-0.4, -0.2) is 19.0 Å². The Hall–Kier alpha value is -0.720. The standard InChI is InChI=1S/C14H23N3O.HI/c1-2-15-14(16-9-3-5-12-7-8-12)17-11-13-6-4-10-18-13;/h4,6,10,12H,2-3,5,7-9,11H2,1H3,(H2,15,16,17);1H. The predicted octanol–water partition coefficient (Wildman–Crippen LogP) is 3.14. The Morgan fingerprint density at radius 3 is 2.89 bits per heavy atom. The second-order valence-corrected chi connectivity index (χ2v) is 4.79. The minimum Gasteiger partial charge on any atom is -0.467 e. The normalized spacial score (nSPS) is 14.9. The van der Waals surface area contributed by atoms with Crippen LogP contribution in [-0.2, 0) is 6.54 Å². The van der Waals surface area contributed by atoms with Crippen LogP contribution in [0.15, 0.2) is 27.8 Å². The highest BCUT2D eigenvalue weighted by molar-refractivity contribution is 14.0. The topological polar surface area (TPSA) is 49.6 Å². The summed E-state index contributed by atoms with van der Waals surface area (Å²) in [7, 11) is 0. The van der Waals surface area contributed by atoms with Gasteiger partial charge in [-0.3, -0.25) is 0 Å². The van der Waals surface area contributed by atoms with E-state index < -0.39 is 0 Å². The largest absolute Gasteiger partial charge is 0.467 e. The Balaban J connectivity index is 0.00000180. The van der Waals surface area contributed by atoms with Crippen LogP contribution < -0.4 is 10.6 Å². The summed E-state index contributed by atoms with van der Waals surface area (Å²) in [4.78, 5) is 4.49. The average Bonchev–Trinajstić information content (AvgIpc) is 3.05. The monoisotopic (exact) mass is 377 g/mol. The van der Waals surface area contributed by atoms with Gasteiger partial charge in [-0.1, -0.05) is 12.8 Å². The first-order valence-electron chi connectivity index (χ1n) is 6.93. The lowest BCUT2D eigenvalue weighted by Crippen LogP contribution is -2.37. The number of rotatable bonds is 7. The van der Waals surface area contributed by atoms with E-state index in [1.165, 1.54) is 25.7 Å². The number of halogens is 1. The van der Waals surface area contributed by atoms with E-state index >= 15 is 0 Å². The van der Waals surface area contributed by atoms with E-state index in [9.17, 15) is 0 Å². The highest BCUT2D eigenvalue weighted by Crippen LogP contribution is 2.33. The molecule has 1 aromatic heterocycles. The second-order valence-electron chi connectivity index (χ2n) is 4.79. The van der Waals surface area contributed by atoms with Gasteiger partial charge >= 0.3 is 0 Å². The zero-order valence-corrected chi connectivity index (χ0v) is 13.9. The van der Waals surface area contributed by atoms with Gasteiger partial charge in [0.2, 0.25) is 0 Å². The summed E-state index contributed by atoms with van der Waals surface area (Å²) in [5.74, 6) is 2.78. The maximum Gasteiger partial charge on any atom is 0.191 e. The van der Waals surface area contributed by atoms with Gasteiger partial charge in [0.05, 0.1) is 6.26 Å². The van der Waals surface area contributed by atoms with Gasteiger partial charge in [-0.05, 0) is 37.8 Å². The van der Waals surface area contributed by atoms with E-state index in [-0.39, 0.29) is 24.0 Å². The van der Waals surface area contributed by atoms with E-state index in [2.05, 4.69) is 22.5 Å². The highest BCUT2D eigenvalue weighted by Gasteiger charge is 2.19. The molecule has 1 saturated carbocycles. The first-order valence-corrected chi connectivity index (χ1v) is 6.93. The van der Waals surface area contributed by atoms with Crippen molar-refractivity contribution >= 4 is 29.9 Å². The number of aliphatic imine (C=N–C) groups is 1. The average molecular weight is 377 g/mol. The molecule has 2 rings (SSSR count). The molecule has 4 nitrogen and oxygen atoms in total. The molecule has 2 N–H and O–H groups in total. The first kappa shape index (κ1) is 16.3. The molecule has 0 saturated heterocycles. The molecular formula is C14H24IN3O. The van der Waals surface area contributed by atoms with E-state index in [0.29, 0.717) is 6.54 Å². The molecule has 0 atom stereocenters. The van der Waals surface area contributed by atoms with Crippen molar-refractivity contribution in [1.29, 1.82) is 0 Å². The van der Waals surface area contributed by atoms with E-state index in [0.717, 1.165) is 30.7 Å². The van der Waals surface area contributed by atoms with Crippen molar-refractivity contribution < 1.29 is 4.42 Å². The van der Waals surface area contributed by atoms with Gasteiger partial charge in [0, 0.05) is 13.1 Å². The molecule has 1 aliphatic rings. The number of nitrogens with zero attached hydrogens (tertiary/aromatic N) is 1. The molecule has 0 aliphatic heterocycles. The molecule has 1 aliphatic carbocycles. The smallest absolute Gasteiger partial charge is 0.191 e. The van der Waals surface area contributed by atoms with E-state index in [1.807, 2.05) is 12.1 Å². The molecule has 0 amide bonds. The molecular weight excluding hydrogens is 353 g/mol. The molecule has 19 heavy (non-hydrogen) atoms. The van der Waals surface area contributed by atoms with Crippen LogP contribution in [0.25, 0.3) is 0 Å². The fourth-order valence-corrected chi connectivity index (χ4v) is 1.91. The Kier molecular flexibility index (Phi) is 7.93. The fourth-order valence-electron chi connectivity index (χ4n) is 1.91. The number of hydrogen-bond acceptors (Lipinski definition) is 2. The fraction of sp³-hybridized carbons (Fsp3) is 0.643. The number of nitrogens with one attached hydrogen (secondary N) is 2. The Labute approximate surface area is 132 Å². The summed E-state index contributed by atoms with van der Waals surface area (Å²) in [5, 5.41) is 6.61. The van der Waals surface area contributed by atoms with Crippen molar-refractivity contribution in [3.05, 3.63) is 24.2 Å². The minimum absolute atomic E-state index is 0. The first-order chi connectivity index (χ1) is 8.88. The summed E-state index contributed by atoms with van der Waals surface area (Å²) < 4.78 is 5.26. The van der Waals surface area contributed by atoms with Gasteiger partial charge < -0.3 is 15.1 Å². The lowest BCUT2D eigenvalue weighted by molar-refractivity contribution is 0.511. The summed E-state index contributed by atoms with van der Waals surface area (Å²) in [5.41, 5.74) is 0. The van der Waals surface area contributed by atoms with Gasteiger partial charge in [-0.2, -0.15) is 0 Å². The van der Waals surface area contributed by atoms with Crippen LogP contribution in [0.5, 0.6) is 0 Å². The highest BCUT2D eigenvalue weighted by atomic mass is 127. The SMILES string of the molecule is CCNC(=NCc1ccco1)NCCCC1CC1.I. The molecule has 0 bridgehead atoms. The maximum atomic E-state index is 5.26. The predicted molar refractivity (Wildman–Crippen MR) is 88.9 cm³/mol. The van der Waals surface area contributed by atoms with Gasteiger partial charge in [0.15, 0.2) is 5.96 Å². The zero-order chi connectivity index (χ0) is 12.6. The van der Waals surface area contributed by atoms with Crippen molar-refractivity contribution in [3.63, 3.8) is 0 Å². The molecule has 0 aromatic carbocycles. The second kappa shape index (κ2) is 9.23. The molecule has 108 valence electrons. The molecule has 0 unspecified atom stereocenters. The van der Waals surface area contributed by atoms with Crippen LogP contribution >= 0.6 is 24.0 Å². The van der Waals surface area contributed by atoms with Crippen molar-refractivity contribution in [2.24, 2.45) is 10.9 Å². The van der Waals surface area contributed by atoms with Crippen LogP contribution in [0.2, 0.25) is 0 Å². The molecule has 0 radical (unpaired) electrons. The maximum absolute atomic E-state index is 5.26. The third kappa shape index (κ3) is 6.84. The lowest BCUT2D eigenvalue weighted by atomic mass is 10.2. The molecule has 1 fully saturated rings. The number of guanidine groups is 1. The quantitative estimate of drug-likeness (QED) is 0.332. The van der Waals surface area contributed by atoms with Crippen molar-refractivity contribution in [2.45, 2.75) is 39.2 Å². The van der Waals surface area contributed by atoms with Crippen molar-refractivity contribution in [3.8, 4) is 0 Å². The van der Waals surface area contributed by atoms with Gasteiger partial charge in [0.25, 0.3) is 0 Å². The van der Waals surface area contributed by atoms with E-state index in [4.69, 9.17) is 4.42 Å². The molecule has 1 aromatic rings. The van der Waals surface area contributed by atoms with Crippen molar-refractivity contribution in [1.82, 2.24) is 10.6 Å². The summed E-state index contributed by atoms with van der Waals surface area (Å²) in [6.45, 7) is 4.55. The Morgan fingerprint density at radius 1 is 1.42 bits per heavy atom. The Morgan fingerprint density at radius 2 is 2.26 bits per heavy atom. The number of hydrogen-bond donors (Lipinski definition) is 2. The third-order valence-corrected chi connectivity index (χ3v) is 3.10. The van der Waals surface area contributed by atoms with E-state index in [1.54, 1.807) is 6.26 Å². The lowest BCUT2D eigenvalue weighted by Gasteiger charge is -2.10. The van der Waals surface area contributed by atoms with Crippen molar-refractivity contribution in [2.75, 3.05) is 13.1 Å². The zero-order valence-electron chi connectivity index (χ0n) is 11.5. The van der Waals surface area contributed by atoms with Gasteiger partial charge in [-0.25, -0.2) is 4.99 Å². The summed E-state index contributed by atoms with van der Waals surface area (Å²) in [6, 6.07) is 3.83. The summed E-state index contributed by atoms with van der Waals surface area (Å²) >= 11 is 0.